The minimum Gasteiger partial charge on any atom is -0.353 e. The molecule has 1 N–H and O–H groups in total. The van der Waals surface area contributed by atoms with Gasteiger partial charge in [-0.25, -0.2) is 4.52 Å². The first-order valence-electron chi connectivity index (χ1n) is 5.72. The van der Waals surface area contributed by atoms with Crippen molar-refractivity contribution in [2.24, 2.45) is 5.92 Å². The summed E-state index contributed by atoms with van der Waals surface area (Å²) in [7, 11) is 0. The molecule has 0 unspecified atom stereocenters. The van der Waals surface area contributed by atoms with E-state index in [9.17, 15) is 0 Å². The topological polar surface area (TPSA) is 42.2 Å². The highest BCUT2D eigenvalue weighted by molar-refractivity contribution is 5.49. The average molecular weight is 218 g/mol. The monoisotopic (exact) mass is 218 g/mol. The summed E-state index contributed by atoms with van der Waals surface area (Å²) >= 11 is 0. The lowest BCUT2D eigenvalue weighted by Gasteiger charge is -2.03. The Balaban J connectivity index is 2.11. The van der Waals surface area contributed by atoms with Gasteiger partial charge >= 0.3 is 0 Å². The smallest absolute Gasteiger partial charge is 0.243 e. The molecular weight excluding hydrogens is 200 g/mol. The predicted octanol–water partition coefficient (Wildman–Crippen LogP) is 2.50. The third-order valence-electron chi connectivity index (χ3n) is 2.56. The number of anilines is 1. The molecule has 2 heterocycles. The first-order chi connectivity index (χ1) is 7.66. The third kappa shape index (κ3) is 2.32. The van der Waals surface area contributed by atoms with Gasteiger partial charge in [0.1, 0.15) is 0 Å². The Hall–Kier alpha value is -1.58. The van der Waals surface area contributed by atoms with Crippen LogP contribution in [0.25, 0.3) is 5.65 Å². The number of aromatic nitrogens is 3. The van der Waals surface area contributed by atoms with E-state index in [4.69, 9.17) is 0 Å². The van der Waals surface area contributed by atoms with E-state index in [1.165, 1.54) is 0 Å². The van der Waals surface area contributed by atoms with Gasteiger partial charge in [-0.3, -0.25) is 0 Å². The van der Waals surface area contributed by atoms with Crippen LogP contribution in [0.5, 0.6) is 0 Å². The van der Waals surface area contributed by atoms with Crippen LogP contribution >= 0.6 is 0 Å². The molecule has 0 atom stereocenters. The lowest BCUT2D eigenvalue weighted by molar-refractivity contribution is 0.606. The van der Waals surface area contributed by atoms with Gasteiger partial charge in [0.2, 0.25) is 5.95 Å². The average Bonchev–Trinajstić information content (AvgIpc) is 2.61. The first kappa shape index (κ1) is 10.9. The molecule has 0 aliphatic carbocycles. The number of aryl methyl sites for hydroxylation is 1. The minimum atomic E-state index is 0.700. The maximum Gasteiger partial charge on any atom is 0.243 e. The number of fused-ring (bicyclic) bond motifs is 1. The zero-order valence-corrected chi connectivity index (χ0v) is 10.1. The number of nitrogens with zero attached hydrogens (tertiary/aromatic N) is 3. The molecule has 86 valence electrons. The molecule has 0 spiro atoms. The van der Waals surface area contributed by atoms with Gasteiger partial charge in [0.15, 0.2) is 5.65 Å². The molecule has 0 saturated heterocycles. The van der Waals surface area contributed by atoms with Gasteiger partial charge in [-0.15, -0.1) is 5.10 Å². The maximum atomic E-state index is 4.45. The quantitative estimate of drug-likeness (QED) is 0.857. The second-order valence-electron chi connectivity index (χ2n) is 4.50. The van der Waals surface area contributed by atoms with E-state index in [1.54, 1.807) is 0 Å². The molecule has 2 aromatic heterocycles. The van der Waals surface area contributed by atoms with Gasteiger partial charge in [0.05, 0.1) is 0 Å². The van der Waals surface area contributed by atoms with Gasteiger partial charge in [-0.1, -0.05) is 19.9 Å². The molecule has 2 rings (SSSR count). The maximum absolute atomic E-state index is 4.45. The first-order valence-corrected chi connectivity index (χ1v) is 5.72. The summed E-state index contributed by atoms with van der Waals surface area (Å²) in [6.07, 6.45) is 3.05. The van der Waals surface area contributed by atoms with E-state index in [0.29, 0.717) is 5.92 Å². The Kier molecular flexibility index (Phi) is 3.08. The summed E-state index contributed by atoms with van der Waals surface area (Å²) in [6.45, 7) is 7.39. The van der Waals surface area contributed by atoms with Crippen LogP contribution in [0.4, 0.5) is 5.95 Å². The number of nitrogens with one attached hydrogen (secondary N) is 1. The number of rotatable bonds is 4. The molecule has 4 heteroatoms. The fraction of sp³-hybridized carbons (Fsp3) is 0.500. The third-order valence-corrected chi connectivity index (χ3v) is 2.56. The van der Waals surface area contributed by atoms with Crippen molar-refractivity contribution in [3.63, 3.8) is 0 Å². The van der Waals surface area contributed by atoms with E-state index < -0.39 is 0 Å². The van der Waals surface area contributed by atoms with Crippen LogP contribution in [-0.2, 0) is 0 Å². The fourth-order valence-electron chi connectivity index (χ4n) is 1.59. The molecule has 0 radical (unpaired) electrons. The summed E-state index contributed by atoms with van der Waals surface area (Å²) in [5.74, 6) is 1.42. The standard InChI is InChI=1S/C12H18N4/c1-9(2)6-7-13-12-14-11-10(3)5-4-8-16(11)15-12/h4-5,8-9H,6-7H2,1-3H3,(H,13,15). The van der Waals surface area contributed by atoms with Crippen LogP contribution in [0.3, 0.4) is 0 Å². The molecule has 0 amide bonds. The van der Waals surface area contributed by atoms with Gasteiger partial charge < -0.3 is 5.32 Å². The van der Waals surface area contributed by atoms with Crippen molar-refractivity contribution in [3.8, 4) is 0 Å². The Morgan fingerprint density at radius 2 is 2.25 bits per heavy atom. The van der Waals surface area contributed by atoms with E-state index in [2.05, 4.69) is 29.2 Å². The van der Waals surface area contributed by atoms with Gasteiger partial charge in [-0.2, -0.15) is 4.98 Å². The van der Waals surface area contributed by atoms with Crippen LogP contribution < -0.4 is 5.32 Å². The van der Waals surface area contributed by atoms with Crippen LogP contribution in [0.15, 0.2) is 18.3 Å². The highest BCUT2D eigenvalue weighted by Crippen LogP contribution is 2.10. The molecule has 0 fully saturated rings. The van der Waals surface area contributed by atoms with Crippen molar-refractivity contribution >= 4 is 11.6 Å². The van der Waals surface area contributed by atoms with Crippen molar-refractivity contribution < 1.29 is 0 Å². The minimum absolute atomic E-state index is 0.700. The van der Waals surface area contributed by atoms with Gasteiger partial charge in [-0.05, 0) is 30.9 Å². The normalized spacial score (nSPS) is 11.2. The summed E-state index contributed by atoms with van der Waals surface area (Å²) in [5.41, 5.74) is 2.07. The fourth-order valence-corrected chi connectivity index (χ4v) is 1.59. The molecule has 2 aromatic rings. The number of hydrogen-bond acceptors (Lipinski definition) is 3. The highest BCUT2D eigenvalue weighted by atomic mass is 15.3. The molecule has 0 saturated carbocycles. The van der Waals surface area contributed by atoms with Crippen LogP contribution in [0, 0.1) is 12.8 Å². The predicted molar refractivity (Wildman–Crippen MR) is 65.7 cm³/mol. The SMILES string of the molecule is Cc1cccn2nc(NCCC(C)C)nc12. The summed E-state index contributed by atoms with van der Waals surface area (Å²) in [4.78, 5) is 4.45. The Morgan fingerprint density at radius 3 is 2.94 bits per heavy atom. The Morgan fingerprint density at radius 1 is 1.44 bits per heavy atom. The van der Waals surface area contributed by atoms with Crippen LogP contribution in [0.1, 0.15) is 25.8 Å². The van der Waals surface area contributed by atoms with Crippen molar-refractivity contribution in [2.75, 3.05) is 11.9 Å². The van der Waals surface area contributed by atoms with E-state index >= 15 is 0 Å². The molecule has 0 bridgehead atoms. The highest BCUT2D eigenvalue weighted by Gasteiger charge is 2.04. The van der Waals surface area contributed by atoms with Crippen LogP contribution in [0.2, 0.25) is 0 Å². The van der Waals surface area contributed by atoms with Crippen LogP contribution in [-0.4, -0.2) is 21.1 Å². The molecule has 0 aliphatic heterocycles. The number of pyridine rings is 1. The lowest BCUT2D eigenvalue weighted by Crippen LogP contribution is -2.05. The van der Waals surface area contributed by atoms with E-state index in [-0.39, 0.29) is 0 Å². The summed E-state index contributed by atoms with van der Waals surface area (Å²) in [6, 6.07) is 4.02. The zero-order chi connectivity index (χ0) is 11.5. The molecular formula is C12H18N4. The lowest BCUT2D eigenvalue weighted by atomic mass is 10.1. The largest absolute Gasteiger partial charge is 0.353 e. The molecule has 16 heavy (non-hydrogen) atoms. The number of hydrogen-bond donors (Lipinski definition) is 1. The molecule has 0 aromatic carbocycles. The van der Waals surface area contributed by atoms with Gasteiger partial charge in [0.25, 0.3) is 0 Å². The van der Waals surface area contributed by atoms with Crippen molar-refractivity contribution in [1.82, 2.24) is 14.6 Å². The molecule has 4 nitrogen and oxygen atoms in total. The second-order valence-corrected chi connectivity index (χ2v) is 4.50. The molecule has 0 aliphatic rings. The van der Waals surface area contributed by atoms with E-state index in [0.717, 1.165) is 30.1 Å². The van der Waals surface area contributed by atoms with Crippen molar-refractivity contribution in [3.05, 3.63) is 23.9 Å². The Bertz CT molecular complexity index is 473. The second kappa shape index (κ2) is 4.51. The van der Waals surface area contributed by atoms with Crippen molar-refractivity contribution in [2.45, 2.75) is 27.2 Å². The van der Waals surface area contributed by atoms with Crippen molar-refractivity contribution in [1.29, 1.82) is 0 Å². The summed E-state index contributed by atoms with van der Waals surface area (Å²) in [5, 5.41) is 7.61. The summed E-state index contributed by atoms with van der Waals surface area (Å²) < 4.78 is 1.81. The van der Waals surface area contributed by atoms with Gasteiger partial charge in [0, 0.05) is 12.7 Å². The Labute approximate surface area is 95.7 Å². The zero-order valence-electron chi connectivity index (χ0n) is 10.1. The van der Waals surface area contributed by atoms with E-state index in [1.807, 2.05) is 29.8 Å².